The normalized spacial score (nSPS) is 19.7. The maximum Gasteiger partial charge on any atom is 0.214 e. The SMILES string of the molecule is COc1ccc(CN2CCCCS2(=O)=O)cc1F. The molecule has 1 aliphatic rings. The van der Waals surface area contributed by atoms with Gasteiger partial charge in [-0.15, -0.1) is 0 Å². The molecule has 0 aliphatic carbocycles. The summed E-state index contributed by atoms with van der Waals surface area (Å²) >= 11 is 0. The van der Waals surface area contributed by atoms with Crippen LogP contribution in [0.2, 0.25) is 0 Å². The van der Waals surface area contributed by atoms with Crippen molar-refractivity contribution in [3.05, 3.63) is 29.6 Å². The molecule has 18 heavy (non-hydrogen) atoms. The predicted molar refractivity (Wildman–Crippen MR) is 66.4 cm³/mol. The molecule has 4 nitrogen and oxygen atoms in total. The number of sulfonamides is 1. The second-order valence-electron chi connectivity index (χ2n) is 4.33. The lowest BCUT2D eigenvalue weighted by Crippen LogP contribution is -2.37. The molecule has 0 N–H and O–H groups in total. The van der Waals surface area contributed by atoms with E-state index in [1.165, 1.54) is 23.5 Å². The molecular weight excluding hydrogens is 257 g/mol. The number of hydrogen-bond donors (Lipinski definition) is 0. The summed E-state index contributed by atoms with van der Waals surface area (Å²) in [7, 11) is -1.77. The maximum atomic E-state index is 13.5. The van der Waals surface area contributed by atoms with Crippen LogP contribution in [-0.2, 0) is 16.6 Å². The minimum atomic E-state index is -3.17. The fourth-order valence-electron chi connectivity index (χ4n) is 2.03. The van der Waals surface area contributed by atoms with Gasteiger partial charge < -0.3 is 4.74 Å². The van der Waals surface area contributed by atoms with E-state index in [9.17, 15) is 12.8 Å². The second-order valence-corrected chi connectivity index (χ2v) is 6.41. The Bertz CT molecular complexity index is 530. The molecule has 0 amide bonds. The zero-order valence-corrected chi connectivity index (χ0v) is 11.0. The molecule has 1 aromatic rings. The van der Waals surface area contributed by atoms with Gasteiger partial charge in [-0.25, -0.2) is 12.8 Å². The van der Waals surface area contributed by atoms with Crippen molar-refractivity contribution in [1.29, 1.82) is 0 Å². The van der Waals surface area contributed by atoms with Crippen LogP contribution in [0.25, 0.3) is 0 Å². The Labute approximate surface area is 106 Å². The van der Waals surface area contributed by atoms with Gasteiger partial charge in [0.2, 0.25) is 10.0 Å². The van der Waals surface area contributed by atoms with Crippen LogP contribution in [0.3, 0.4) is 0 Å². The molecule has 0 saturated carbocycles. The average molecular weight is 273 g/mol. The second kappa shape index (κ2) is 5.24. The molecule has 1 heterocycles. The number of ether oxygens (including phenoxy) is 1. The molecule has 0 radical (unpaired) electrons. The number of hydrogen-bond acceptors (Lipinski definition) is 3. The Morgan fingerprint density at radius 3 is 2.78 bits per heavy atom. The average Bonchev–Trinajstić information content (AvgIpc) is 2.32. The fourth-order valence-corrected chi connectivity index (χ4v) is 3.61. The molecule has 0 spiro atoms. The molecule has 100 valence electrons. The Kier molecular flexibility index (Phi) is 3.87. The van der Waals surface area contributed by atoms with E-state index in [0.29, 0.717) is 18.5 Å². The highest BCUT2D eigenvalue weighted by molar-refractivity contribution is 7.89. The Morgan fingerprint density at radius 1 is 1.39 bits per heavy atom. The van der Waals surface area contributed by atoms with E-state index in [1.807, 2.05) is 0 Å². The van der Waals surface area contributed by atoms with Crippen molar-refractivity contribution in [2.75, 3.05) is 19.4 Å². The lowest BCUT2D eigenvalue weighted by atomic mass is 10.2. The summed E-state index contributed by atoms with van der Waals surface area (Å²) in [5, 5.41) is 0. The van der Waals surface area contributed by atoms with Gasteiger partial charge in [-0.2, -0.15) is 4.31 Å². The third-order valence-corrected chi connectivity index (χ3v) is 4.93. The van der Waals surface area contributed by atoms with Crippen molar-refractivity contribution in [1.82, 2.24) is 4.31 Å². The highest BCUT2D eigenvalue weighted by atomic mass is 32.2. The highest BCUT2D eigenvalue weighted by Gasteiger charge is 2.25. The molecule has 1 saturated heterocycles. The molecule has 1 aromatic carbocycles. The van der Waals surface area contributed by atoms with Gasteiger partial charge in [-0.3, -0.25) is 0 Å². The number of rotatable bonds is 3. The van der Waals surface area contributed by atoms with Gasteiger partial charge in [0.25, 0.3) is 0 Å². The van der Waals surface area contributed by atoms with Crippen molar-refractivity contribution in [2.45, 2.75) is 19.4 Å². The first-order valence-corrected chi connectivity index (χ1v) is 7.44. The zero-order valence-electron chi connectivity index (χ0n) is 10.2. The van der Waals surface area contributed by atoms with E-state index in [-0.39, 0.29) is 18.0 Å². The third-order valence-electron chi connectivity index (χ3n) is 3.03. The first-order chi connectivity index (χ1) is 8.53. The zero-order chi connectivity index (χ0) is 13.2. The van der Waals surface area contributed by atoms with E-state index < -0.39 is 15.8 Å². The summed E-state index contributed by atoms with van der Waals surface area (Å²) < 4.78 is 43.3. The molecule has 2 rings (SSSR count). The lowest BCUT2D eigenvalue weighted by molar-refractivity contribution is 0.373. The van der Waals surface area contributed by atoms with Crippen LogP contribution in [0, 0.1) is 5.82 Å². The van der Waals surface area contributed by atoms with Crippen LogP contribution in [0.4, 0.5) is 4.39 Å². The number of halogens is 1. The Hall–Kier alpha value is -1.14. The lowest BCUT2D eigenvalue weighted by Gasteiger charge is -2.26. The number of nitrogens with zero attached hydrogens (tertiary/aromatic N) is 1. The van der Waals surface area contributed by atoms with Gasteiger partial charge in [0.05, 0.1) is 12.9 Å². The first-order valence-electron chi connectivity index (χ1n) is 5.83. The van der Waals surface area contributed by atoms with E-state index in [1.54, 1.807) is 6.07 Å². The quantitative estimate of drug-likeness (QED) is 0.843. The van der Waals surface area contributed by atoms with E-state index in [4.69, 9.17) is 4.74 Å². The van der Waals surface area contributed by atoms with Gasteiger partial charge in [-0.05, 0) is 30.5 Å². The topological polar surface area (TPSA) is 46.6 Å². The number of benzene rings is 1. The van der Waals surface area contributed by atoms with Crippen LogP contribution in [0.15, 0.2) is 18.2 Å². The van der Waals surface area contributed by atoms with Crippen molar-refractivity contribution in [3.8, 4) is 5.75 Å². The monoisotopic (exact) mass is 273 g/mol. The molecule has 1 aliphatic heterocycles. The van der Waals surface area contributed by atoms with Crippen molar-refractivity contribution >= 4 is 10.0 Å². The standard InChI is InChI=1S/C12H16FNO3S/c1-17-12-5-4-10(8-11(12)13)9-14-6-2-3-7-18(14,15)16/h4-5,8H,2-3,6-7,9H2,1H3. The van der Waals surface area contributed by atoms with Gasteiger partial charge >= 0.3 is 0 Å². The van der Waals surface area contributed by atoms with Crippen LogP contribution < -0.4 is 4.74 Å². The first kappa shape index (κ1) is 13.3. The summed E-state index contributed by atoms with van der Waals surface area (Å²) in [5.41, 5.74) is 0.638. The Balaban J connectivity index is 2.16. The van der Waals surface area contributed by atoms with Gasteiger partial charge in [-0.1, -0.05) is 6.07 Å². The largest absolute Gasteiger partial charge is 0.494 e. The summed E-state index contributed by atoms with van der Waals surface area (Å²) in [5.74, 6) is -0.115. The van der Waals surface area contributed by atoms with Gasteiger partial charge in [0.1, 0.15) is 0 Å². The van der Waals surface area contributed by atoms with Crippen molar-refractivity contribution in [3.63, 3.8) is 0 Å². The van der Waals surface area contributed by atoms with Crippen molar-refractivity contribution in [2.24, 2.45) is 0 Å². The summed E-state index contributed by atoms with van der Waals surface area (Å²) in [6, 6.07) is 4.52. The highest BCUT2D eigenvalue weighted by Crippen LogP contribution is 2.21. The molecule has 0 bridgehead atoms. The number of methoxy groups -OCH3 is 1. The van der Waals surface area contributed by atoms with Crippen molar-refractivity contribution < 1.29 is 17.5 Å². The summed E-state index contributed by atoms with van der Waals surface area (Å²) in [6.45, 7) is 0.735. The van der Waals surface area contributed by atoms with E-state index in [0.717, 1.165) is 6.42 Å². The Morgan fingerprint density at radius 2 is 2.17 bits per heavy atom. The fraction of sp³-hybridized carbons (Fsp3) is 0.500. The van der Waals surface area contributed by atoms with Crippen LogP contribution in [0.1, 0.15) is 18.4 Å². The minimum absolute atomic E-state index is 0.167. The molecular formula is C12H16FNO3S. The van der Waals surface area contributed by atoms with Crippen LogP contribution in [-0.4, -0.2) is 32.1 Å². The third kappa shape index (κ3) is 2.81. The summed E-state index contributed by atoms with van der Waals surface area (Å²) in [4.78, 5) is 0. The van der Waals surface area contributed by atoms with Crippen LogP contribution in [0.5, 0.6) is 5.75 Å². The molecule has 1 fully saturated rings. The minimum Gasteiger partial charge on any atom is -0.494 e. The summed E-state index contributed by atoms with van der Waals surface area (Å²) in [6.07, 6.45) is 1.56. The van der Waals surface area contributed by atoms with E-state index >= 15 is 0 Å². The van der Waals surface area contributed by atoms with E-state index in [2.05, 4.69) is 0 Å². The molecule has 6 heteroatoms. The molecule has 0 unspecified atom stereocenters. The predicted octanol–water partition coefficient (Wildman–Crippen LogP) is 1.76. The van der Waals surface area contributed by atoms with Gasteiger partial charge in [0, 0.05) is 13.1 Å². The molecule has 0 atom stereocenters. The maximum absolute atomic E-state index is 13.5. The smallest absolute Gasteiger partial charge is 0.214 e. The van der Waals surface area contributed by atoms with Crippen LogP contribution >= 0.6 is 0 Å². The van der Waals surface area contributed by atoms with Gasteiger partial charge in [0.15, 0.2) is 11.6 Å². The molecule has 0 aromatic heterocycles.